The van der Waals surface area contributed by atoms with Crippen LogP contribution in [0.3, 0.4) is 0 Å². The van der Waals surface area contributed by atoms with Gasteiger partial charge < -0.3 is 9.32 Å². The summed E-state index contributed by atoms with van der Waals surface area (Å²) in [6, 6.07) is 11.5. The quantitative estimate of drug-likeness (QED) is 0.459. The van der Waals surface area contributed by atoms with Gasteiger partial charge in [-0.25, -0.2) is 8.42 Å². The molecule has 0 radical (unpaired) electrons. The van der Waals surface area contributed by atoms with Crippen LogP contribution >= 0.6 is 0 Å². The zero-order valence-electron chi connectivity index (χ0n) is 20.6. The van der Waals surface area contributed by atoms with Gasteiger partial charge in [0.1, 0.15) is 4.90 Å². The predicted molar refractivity (Wildman–Crippen MR) is 135 cm³/mol. The first-order valence-electron chi connectivity index (χ1n) is 12.1. The van der Waals surface area contributed by atoms with E-state index in [2.05, 4.69) is 0 Å². The van der Waals surface area contributed by atoms with Gasteiger partial charge in [-0.05, 0) is 56.4 Å². The monoisotopic (exact) mass is 482 g/mol. The summed E-state index contributed by atoms with van der Waals surface area (Å²) in [5, 5.41) is 0.690. The van der Waals surface area contributed by atoms with Crippen molar-refractivity contribution in [3.63, 3.8) is 0 Å². The van der Waals surface area contributed by atoms with E-state index >= 15 is 0 Å². The summed E-state index contributed by atoms with van der Waals surface area (Å²) >= 11 is 0. The molecule has 2 aromatic carbocycles. The van der Waals surface area contributed by atoms with Crippen LogP contribution in [0.15, 0.2) is 45.7 Å². The topological polar surface area (TPSA) is 70.8 Å². The highest BCUT2D eigenvalue weighted by Crippen LogP contribution is 2.37. The van der Waals surface area contributed by atoms with Gasteiger partial charge in [-0.1, -0.05) is 50.1 Å². The van der Waals surface area contributed by atoms with Crippen LogP contribution in [0.5, 0.6) is 0 Å². The van der Waals surface area contributed by atoms with E-state index in [1.165, 1.54) is 4.31 Å². The third kappa shape index (κ3) is 4.51. The fourth-order valence-electron chi connectivity index (χ4n) is 4.76. The molecule has 1 aliphatic heterocycles. The molecule has 1 fully saturated rings. The fraction of sp³-hybridized carbons (Fsp3) is 0.444. The average Bonchev–Trinajstić information content (AvgIpc) is 2.99. The number of hydrogen-bond donors (Lipinski definition) is 0. The third-order valence-electron chi connectivity index (χ3n) is 6.93. The second-order valence-electron chi connectivity index (χ2n) is 9.20. The first-order valence-corrected chi connectivity index (χ1v) is 13.6. The molecule has 0 atom stereocenters. The Morgan fingerprint density at radius 3 is 2.26 bits per heavy atom. The van der Waals surface area contributed by atoms with Gasteiger partial charge in [0.15, 0.2) is 11.3 Å². The van der Waals surface area contributed by atoms with Crippen LogP contribution in [0.2, 0.25) is 0 Å². The number of fused-ring (bicyclic) bond motifs is 1. The molecule has 34 heavy (non-hydrogen) atoms. The predicted octanol–water partition coefficient (Wildman–Crippen LogP) is 5.59. The summed E-state index contributed by atoms with van der Waals surface area (Å²) in [4.78, 5) is 15.4. The molecule has 0 saturated carbocycles. The molecule has 0 unspecified atom stereocenters. The Morgan fingerprint density at radius 2 is 1.65 bits per heavy atom. The normalized spacial score (nSPS) is 15.1. The van der Waals surface area contributed by atoms with Crippen molar-refractivity contribution >= 4 is 26.9 Å². The first-order chi connectivity index (χ1) is 16.3. The highest BCUT2D eigenvalue weighted by molar-refractivity contribution is 7.89. The molecule has 7 heteroatoms. The van der Waals surface area contributed by atoms with E-state index in [0.717, 1.165) is 36.8 Å². The number of aryl methyl sites for hydroxylation is 2. The smallest absolute Gasteiger partial charge is 0.289 e. The first kappa shape index (κ1) is 24.5. The summed E-state index contributed by atoms with van der Waals surface area (Å²) in [6.07, 6.45) is 4.21. The van der Waals surface area contributed by atoms with Gasteiger partial charge in [0.25, 0.3) is 5.91 Å². The molecular weight excluding hydrogens is 448 g/mol. The Balaban J connectivity index is 1.82. The van der Waals surface area contributed by atoms with Gasteiger partial charge in [0.2, 0.25) is 10.0 Å². The molecule has 0 N–H and O–H groups in total. The van der Waals surface area contributed by atoms with Crippen molar-refractivity contribution in [1.82, 2.24) is 9.21 Å². The number of carbonyl (C=O) groups excluding carboxylic acids is 1. The SMILES string of the molecule is CCN(Cc1ccccc1)S(=O)(=O)c1c(C)c(C)cc2c(C)c(C(=O)N3CCCCCC3)oc12. The third-order valence-corrected chi connectivity index (χ3v) is 9.01. The Bertz CT molecular complexity index is 1290. The van der Waals surface area contributed by atoms with Gasteiger partial charge in [0, 0.05) is 37.1 Å². The molecule has 6 nitrogen and oxygen atoms in total. The fourth-order valence-corrected chi connectivity index (χ4v) is 6.61. The van der Waals surface area contributed by atoms with Crippen LogP contribution in [0.4, 0.5) is 0 Å². The second kappa shape index (κ2) is 9.92. The number of amides is 1. The van der Waals surface area contributed by atoms with E-state index in [1.54, 1.807) is 0 Å². The van der Waals surface area contributed by atoms with Gasteiger partial charge in [-0.15, -0.1) is 0 Å². The summed E-state index contributed by atoms with van der Waals surface area (Å²) in [7, 11) is -3.87. The number of furan rings is 1. The van der Waals surface area contributed by atoms with E-state index in [-0.39, 0.29) is 28.7 Å². The standard InChI is InChI=1S/C27H34N2O4S/c1-5-29(18-22-13-9-8-10-14-22)34(31,32)26-20(3)19(2)17-23-21(4)24(33-25(23)26)27(30)28-15-11-6-7-12-16-28/h8-10,13-14,17H,5-7,11-12,15-16,18H2,1-4H3. The van der Waals surface area contributed by atoms with Crippen LogP contribution in [0, 0.1) is 20.8 Å². The molecule has 1 amide bonds. The molecule has 3 aromatic rings. The Hall–Kier alpha value is -2.64. The minimum Gasteiger partial charge on any atom is -0.449 e. The van der Waals surface area contributed by atoms with Crippen molar-refractivity contribution < 1.29 is 17.6 Å². The lowest BCUT2D eigenvalue weighted by molar-refractivity contribution is 0.0730. The maximum absolute atomic E-state index is 14.0. The van der Waals surface area contributed by atoms with E-state index in [0.29, 0.717) is 36.1 Å². The van der Waals surface area contributed by atoms with Crippen molar-refractivity contribution in [1.29, 1.82) is 0 Å². The van der Waals surface area contributed by atoms with E-state index in [9.17, 15) is 13.2 Å². The molecular formula is C27H34N2O4S. The summed E-state index contributed by atoms with van der Waals surface area (Å²) in [5.74, 6) is 0.107. The number of sulfonamides is 1. The molecule has 0 aliphatic carbocycles. The van der Waals surface area contributed by atoms with E-state index in [4.69, 9.17) is 4.42 Å². The number of benzene rings is 2. The molecule has 1 aliphatic rings. The molecule has 2 heterocycles. The zero-order valence-corrected chi connectivity index (χ0v) is 21.4. The minimum atomic E-state index is -3.87. The molecule has 0 bridgehead atoms. The lowest BCUT2D eigenvalue weighted by Crippen LogP contribution is -2.32. The average molecular weight is 483 g/mol. The number of hydrogen-bond acceptors (Lipinski definition) is 4. The lowest BCUT2D eigenvalue weighted by Gasteiger charge is -2.22. The van der Waals surface area contributed by atoms with Crippen molar-refractivity contribution in [2.45, 2.75) is 64.8 Å². The van der Waals surface area contributed by atoms with Crippen molar-refractivity contribution in [3.05, 3.63) is 64.4 Å². The van der Waals surface area contributed by atoms with Crippen molar-refractivity contribution in [2.75, 3.05) is 19.6 Å². The van der Waals surface area contributed by atoms with Crippen LogP contribution < -0.4 is 0 Å². The molecule has 4 rings (SSSR count). The van der Waals surface area contributed by atoms with Crippen LogP contribution in [0.25, 0.3) is 11.0 Å². The lowest BCUT2D eigenvalue weighted by atomic mass is 10.0. The van der Waals surface area contributed by atoms with Gasteiger partial charge in [-0.2, -0.15) is 4.31 Å². The summed E-state index contributed by atoms with van der Waals surface area (Å²) < 4.78 is 35.6. The molecule has 1 saturated heterocycles. The van der Waals surface area contributed by atoms with Crippen LogP contribution in [-0.2, 0) is 16.6 Å². The Labute approximate surface area is 202 Å². The maximum atomic E-state index is 14.0. The number of rotatable bonds is 6. The zero-order chi connectivity index (χ0) is 24.5. The second-order valence-corrected chi connectivity index (χ2v) is 11.1. The van der Waals surface area contributed by atoms with Gasteiger partial charge >= 0.3 is 0 Å². The Kier molecular flexibility index (Phi) is 7.14. The largest absolute Gasteiger partial charge is 0.449 e. The van der Waals surface area contributed by atoms with E-state index in [1.807, 2.05) is 69.0 Å². The molecule has 0 spiro atoms. The maximum Gasteiger partial charge on any atom is 0.289 e. The number of carbonyl (C=O) groups is 1. The highest BCUT2D eigenvalue weighted by atomic mass is 32.2. The molecule has 182 valence electrons. The number of likely N-dealkylation sites (tertiary alicyclic amines) is 1. The summed E-state index contributed by atoms with van der Waals surface area (Å²) in [5.41, 5.74) is 3.42. The van der Waals surface area contributed by atoms with Crippen molar-refractivity contribution in [3.8, 4) is 0 Å². The van der Waals surface area contributed by atoms with Crippen LogP contribution in [0.1, 0.15) is 65.4 Å². The van der Waals surface area contributed by atoms with Gasteiger partial charge in [-0.3, -0.25) is 4.79 Å². The minimum absolute atomic E-state index is 0.147. The van der Waals surface area contributed by atoms with Crippen molar-refractivity contribution in [2.24, 2.45) is 0 Å². The summed E-state index contributed by atoms with van der Waals surface area (Å²) in [6.45, 7) is 9.42. The highest BCUT2D eigenvalue weighted by Gasteiger charge is 2.33. The van der Waals surface area contributed by atoms with E-state index < -0.39 is 10.0 Å². The molecule has 1 aromatic heterocycles. The van der Waals surface area contributed by atoms with Gasteiger partial charge in [0.05, 0.1) is 0 Å². The Morgan fingerprint density at radius 1 is 1.00 bits per heavy atom. The van der Waals surface area contributed by atoms with Crippen LogP contribution in [-0.4, -0.2) is 43.2 Å². The number of nitrogens with zero attached hydrogens (tertiary/aromatic N) is 2.